The molecule has 1 spiro atoms. The van der Waals surface area contributed by atoms with E-state index in [1.54, 1.807) is 12.2 Å². The molecule has 19 heavy (non-hydrogen) atoms. The summed E-state index contributed by atoms with van der Waals surface area (Å²) in [6, 6.07) is 0. The number of allylic oxidation sites excluding steroid dienone is 2. The summed E-state index contributed by atoms with van der Waals surface area (Å²) >= 11 is 0. The lowest BCUT2D eigenvalue weighted by Crippen LogP contribution is -2.47. The third-order valence-corrected chi connectivity index (χ3v) is 7.27. The van der Waals surface area contributed by atoms with Gasteiger partial charge in [-0.2, -0.15) is 4.31 Å². The van der Waals surface area contributed by atoms with Crippen molar-refractivity contribution in [1.29, 1.82) is 0 Å². The molecule has 0 atom stereocenters. The van der Waals surface area contributed by atoms with Crippen molar-refractivity contribution in [2.24, 2.45) is 0 Å². The summed E-state index contributed by atoms with van der Waals surface area (Å²) in [6.45, 7) is 0.265. The lowest BCUT2D eigenvalue weighted by molar-refractivity contribution is -0.110. The molecule has 0 amide bonds. The molecule has 2 rings (SSSR count). The van der Waals surface area contributed by atoms with Gasteiger partial charge in [-0.3, -0.25) is 4.79 Å². The Kier molecular flexibility index (Phi) is 3.44. The topological polar surface area (TPSA) is 88.6 Å². The average molecular weight is 305 g/mol. The first-order valence-corrected chi connectivity index (χ1v) is 9.42. The number of carbonyl (C=O) groups is 1. The molecule has 0 radical (unpaired) electrons. The maximum atomic E-state index is 12.2. The quantitative estimate of drug-likeness (QED) is 0.723. The van der Waals surface area contributed by atoms with Crippen molar-refractivity contribution in [3.63, 3.8) is 0 Å². The SMILES string of the molecule is CS(=O)(=O)CS(=O)(=O)N1CCCC12C=CC(=O)C=C2. The van der Waals surface area contributed by atoms with Gasteiger partial charge in [0.25, 0.3) is 0 Å². The fraction of sp³-hybridized carbons (Fsp3) is 0.545. The van der Waals surface area contributed by atoms with Crippen molar-refractivity contribution in [1.82, 2.24) is 4.31 Å². The van der Waals surface area contributed by atoms with E-state index in [0.29, 0.717) is 12.8 Å². The first-order chi connectivity index (χ1) is 8.65. The van der Waals surface area contributed by atoms with Gasteiger partial charge in [0.15, 0.2) is 20.7 Å². The minimum Gasteiger partial charge on any atom is -0.290 e. The van der Waals surface area contributed by atoms with Crippen LogP contribution in [0, 0.1) is 0 Å². The van der Waals surface area contributed by atoms with Crippen LogP contribution in [0.5, 0.6) is 0 Å². The Morgan fingerprint density at radius 2 is 1.79 bits per heavy atom. The highest BCUT2D eigenvalue weighted by atomic mass is 32.3. The molecule has 8 heteroatoms. The van der Waals surface area contributed by atoms with Crippen LogP contribution in [-0.4, -0.2) is 50.3 Å². The van der Waals surface area contributed by atoms with Crippen LogP contribution in [0.15, 0.2) is 24.3 Å². The molecule has 0 N–H and O–H groups in total. The maximum Gasteiger partial charge on any atom is 0.229 e. The molecule has 0 unspecified atom stereocenters. The monoisotopic (exact) mass is 305 g/mol. The van der Waals surface area contributed by atoms with Gasteiger partial charge in [-0.15, -0.1) is 0 Å². The number of nitrogens with zero attached hydrogens (tertiary/aromatic N) is 1. The zero-order chi connectivity index (χ0) is 14.3. The smallest absolute Gasteiger partial charge is 0.229 e. The third-order valence-electron chi connectivity index (χ3n) is 3.17. The second-order valence-corrected chi connectivity index (χ2v) is 9.29. The Labute approximate surface area is 112 Å². The second kappa shape index (κ2) is 4.53. The van der Waals surface area contributed by atoms with Gasteiger partial charge in [0.1, 0.15) is 0 Å². The van der Waals surface area contributed by atoms with Crippen LogP contribution >= 0.6 is 0 Å². The van der Waals surface area contributed by atoms with E-state index in [1.165, 1.54) is 16.5 Å². The number of ketones is 1. The second-order valence-electron chi connectivity index (χ2n) is 4.89. The van der Waals surface area contributed by atoms with E-state index in [-0.39, 0.29) is 12.3 Å². The van der Waals surface area contributed by atoms with Crippen LogP contribution in [0.1, 0.15) is 12.8 Å². The molecule has 106 valence electrons. The molecular formula is C11H15NO5S2. The van der Waals surface area contributed by atoms with Crippen LogP contribution in [0.2, 0.25) is 0 Å². The van der Waals surface area contributed by atoms with Gasteiger partial charge in [-0.05, 0) is 25.0 Å². The third kappa shape index (κ3) is 2.96. The number of sulfone groups is 1. The van der Waals surface area contributed by atoms with E-state index in [4.69, 9.17) is 0 Å². The number of hydrogen-bond donors (Lipinski definition) is 0. The van der Waals surface area contributed by atoms with Crippen molar-refractivity contribution < 1.29 is 21.6 Å². The summed E-state index contributed by atoms with van der Waals surface area (Å²) in [5, 5.41) is -0.905. The summed E-state index contributed by atoms with van der Waals surface area (Å²) in [7, 11) is -7.54. The average Bonchev–Trinajstić information content (AvgIpc) is 2.64. The largest absolute Gasteiger partial charge is 0.290 e. The molecule has 0 aromatic carbocycles. The van der Waals surface area contributed by atoms with Crippen molar-refractivity contribution in [3.05, 3.63) is 24.3 Å². The molecule has 0 saturated carbocycles. The predicted octanol–water partition coefficient (Wildman–Crippen LogP) is -0.152. The summed E-state index contributed by atoms with van der Waals surface area (Å²) < 4.78 is 48.0. The molecule has 1 heterocycles. The van der Waals surface area contributed by atoms with Crippen molar-refractivity contribution in [2.45, 2.75) is 18.4 Å². The molecule has 2 aliphatic rings. The van der Waals surface area contributed by atoms with E-state index < -0.39 is 30.5 Å². The maximum absolute atomic E-state index is 12.2. The Morgan fingerprint density at radius 1 is 1.21 bits per heavy atom. The highest BCUT2D eigenvalue weighted by Gasteiger charge is 2.45. The molecule has 6 nitrogen and oxygen atoms in total. The van der Waals surface area contributed by atoms with E-state index in [1.807, 2.05) is 0 Å². The lowest BCUT2D eigenvalue weighted by Gasteiger charge is -2.33. The number of hydrogen-bond acceptors (Lipinski definition) is 5. The molecule has 0 bridgehead atoms. The predicted molar refractivity (Wildman–Crippen MR) is 70.6 cm³/mol. The van der Waals surface area contributed by atoms with Crippen LogP contribution in [0.3, 0.4) is 0 Å². The van der Waals surface area contributed by atoms with Crippen LogP contribution in [0.25, 0.3) is 0 Å². The molecule has 1 aliphatic heterocycles. The van der Waals surface area contributed by atoms with Gasteiger partial charge in [0.05, 0.1) is 5.54 Å². The van der Waals surface area contributed by atoms with E-state index in [2.05, 4.69) is 0 Å². The van der Waals surface area contributed by atoms with E-state index in [9.17, 15) is 21.6 Å². The standard InChI is InChI=1S/C11H15NO5S2/c1-18(14,15)9-19(16,17)12-8-2-5-11(12)6-3-10(13)4-7-11/h3-4,6-7H,2,5,8-9H2,1H3. The van der Waals surface area contributed by atoms with E-state index in [0.717, 1.165) is 6.26 Å². The molecular weight excluding hydrogens is 290 g/mol. The van der Waals surface area contributed by atoms with Gasteiger partial charge >= 0.3 is 0 Å². The van der Waals surface area contributed by atoms with Crippen LogP contribution in [-0.2, 0) is 24.7 Å². The Morgan fingerprint density at radius 3 is 2.32 bits per heavy atom. The van der Waals surface area contributed by atoms with E-state index >= 15 is 0 Å². The van der Waals surface area contributed by atoms with Crippen molar-refractivity contribution in [2.75, 3.05) is 17.9 Å². The van der Waals surface area contributed by atoms with Crippen LogP contribution in [0.4, 0.5) is 0 Å². The summed E-state index contributed by atoms with van der Waals surface area (Å²) in [6.07, 6.45) is 7.82. The fourth-order valence-corrected chi connectivity index (χ4v) is 6.28. The van der Waals surface area contributed by atoms with Crippen LogP contribution < -0.4 is 0 Å². The van der Waals surface area contributed by atoms with Gasteiger partial charge in [-0.1, -0.05) is 12.2 Å². The Hall–Kier alpha value is -0.990. The first kappa shape index (κ1) is 14.4. The zero-order valence-electron chi connectivity index (χ0n) is 10.4. The minimum absolute atomic E-state index is 0.196. The lowest BCUT2D eigenvalue weighted by atomic mass is 9.92. The summed E-state index contributed by atoms with van der Waals surface area (Å²) in [5.74, 6) is -0.196. The van der Waals surface area contributed by atoms with Gasteiger partial charge < -0.3 is 0 Å². The Balaban J connectivity index is 2.37. The normalized spacial score (nSPS) is 23.3. The van der Waals surface area contributed by atoms with Gasteiger partial charge in [-0.25, -0.2) is 16.8 Å². The van der Waals surface area contributed by atoms with Crippen molar-refractivity contribution >= 4 is 25.6 Å². The first-order valence-electron chi connectivity index (χ1n) is 5.75. The molecule has 0 aromatic heterocycles. The zero-order valence-corrected chi connectivity index (χ0v) is 12.1. The molecule has 1 saturated heterocycles. The highest BCUT2D eigenvalue weighted by molar-refractivity contribution is 8.06. The Bertz CT molecular complexity index is 641. The fourth-order valence-electron chi connectivity index (χ4n) is 2.47. The highest BCUT2D eigenvalue weighted by Crippen LogP contribution is 2.36. The molecule has 1 aliphatic carbocycles. The minimum atomic E-state index is -3.91. The van der Waals surface area contributed by atoms with Crippen molar-refractivity contribution in [3.8, 4) is 0 Å². The summed E-state index contributed by atoms with van der Waals surface area (Å²) in [5.41, 5.74) is -0.878. The number of carbonyl (C=O) groups excluding carboxylic acids is 1. The molecule has 0 aromatic rings. The van der Waals surface area contributed by atoms with Gasteiger partial charge in [0.2, 0.25) is 10.0 Å². The van der Waals surface area contributed by atoms with Gasteiger partial charge in [0, 0.05) is 12.8 Å². The number of rotatable bonds is 3. The summed E-state index contributed by atoms with van der Waals surface area (Å²) in [4.78, 5) is 11.2. The number of sulfonamides is 1. The molecule has 1 fully saturated rings.